The highest BCUT2D eigenvalue weighted by Crippen LogP contribution is 2.29. The molecule has 2 aromatic rings. The topological polar surface area (TPSA) is 47.4 Å². The minimum atomic E-state index is -0.830. The molecule has 1 aromatic carbocycles. The van der Waals surface area contributed by atoms with Crippen molar-refractivity contribution in [2.24, 2.45) is 4.99 Å². The third-order valence-corrected chi connectivity index (χ3v) is 3.57. The summed E-state index contributed by atoms with van der Waals surface area (Å²) in [5.74, 6) is 0.842. The zero-order valence-corrected chi connectivity index (χ0v) is 14.1. The Morgan fingerprint density at radius 1 is 1.14 bits per heavy atom. The number of aromatic nitrogens is 2. The molecule has 0 aliphatic heterocycles. The third kappa shape index (κ3) is 3.98. The molecule has 0 aliphatic rings. The molecule has 2 rings (SSSR count). The molecule has 1 aromatic heterocycles. The molecule has 0 aliphatic carbocycles. The molecule has 109 valence electrons. The van der Waals surface area contributed by atoms with Crippen LogP contribution in [0, 0.1) is 13.8 Å². The van der Waals surface area contributed by atoms with Crippen molar-refractivity contribution in [2.45, 2.75) is 33.9 Å². The van der Waals surface area contributed by atoms with Crippen LogP contribution in [0.15, 0.2) is 35.6 Å². The highest BCUT2D eigenvalue weighted by molar-refractivity contribution is 6.49. The number of nitrogens with zero attached hydrogens (tertiary/aromatic N) is 3. The van der Waals surface area contributed by atoms with E-state index in [2.05, 4.69) is 35.0 Å². The normalized spacial score (nSPS) is 11.8. The molecule has 0 bridgehead atoms. The molecule has 0 unspecified atom stereocenters. The lowest BCUT2D eigenvalue weighted by atomic mass is 10.2. The Morgan fingerprint density at radius 3 is 2.52 bits per heavy atom. The zero-order chi connectivity index (χ0) is 15.4. The fourth-order valence-electron chi connectivity index (χ4n) is 2.01. The SMILES string of the molecule is CC(=Nc1ccc(C)cc1O[Si](C)C)c1nccnc1C. The van der Waals surface area contributed by atoms with E-state index in [1.54, 1.807) is 12.4 Å². The van der Waals surface area contributed by atoms with Crippen LogP contribution < -0.4 is 4.43 Å². The average molecular weight is 298 g/mol. The molecule has 0 N–H and O–H groups in total. The highest BCUT2D eigenvalue weighted by atomic mass is 28.3. The minimum absolute atomic E-state index is 0.822. The van der Waals surface area contributed by atoms with Gasteiger partial charge < -0.3 is 4.43 Å². The van der Waals surface area contributed by atoms with Crippen molar-refractivity contribution < 1.29 is 4.43 Å². The van der Waals surface area contributed by atoms with Gasteiger partial charge >= 0.3 is 0 Å². The lowest BCUT2D eigenvalue weighted by Gasteiger charge is -2.12. The van der Waals surface area contributed by atoms with E-state index in [9.17, 15) is 0 Å². The molecular formula is C16H20N3OSi. The van der Waals surface area contributed by atoms with Gasteiger partial charge in [0.25, 0.3) is 9.04 Å². The first-order valence-corrected chi connectivity index (χ1v) is 9.30. The summed E-state index contributed by atoms with van der Waals surface area (Å²) in [5, 5.41) is 0. The van der Waals surface area contributed by atoms with Crippen LogP contribution in [0.25, 0.3) is 0 Å². The number of hydrogen-bond donors (Lipinski definition) is 0. The van der Waals surface area contributed by atoms with E-state index in [0.29, 0.717) is 0 Å². The fourth-order valence-corrected chi connectivity index (χ4v) is 2.62. The van der Waals surface area contributed by atoms with Crippen LogP contribution in [0.1, 0.15) is 23.9 Å². The summed E-state index contributed by atoms with van der Waals surface area (Å²) in [6.45, 7) is 10.2. The smallest absolute Gasteiger partial charge is 0.274 e. The van der Waals surface area contributed by atoms with Crippen LogP contribution in [0.5, 0.6) is 5.75 Å². The summed E-state index contributed by atoms with van der Waals surface area (Å²) in [6.07, 6.45) is 3.38. The van der Waals surface area contributed by atoms with Crippen LogP contribution >= 0.6 is 0 Å². The van der Waals surface area contributed by atoms with Gasteiger partial charge in [0.1, 0.15) is 17.1 Å². The van der Waals surface area contributed by atoms with Crippen molar-refractivity contribution in [3.8, 4) is 5.75 Å². The van der Waals surface area contributed by atoms with Crippen molar-refractivity contribution in [1.29, 1.82) is 0 Å². The first kappa shape index (κ1) is 15.4. The van der Waals surface area contributed by atoms with E-state index in [4.69, 9.17) is 4.43 Å². The van der Waals surface area contributed by atoms with Gasteiger partial charge in [0, 0.05) is 12.4 Å². The van der Waals surface area contributed by atoms with Gasteiger partial charge in [0.2, 0.25) is 0 Å². The van der Waals surface area contributed by atoms with E-state index < -0.39 is 9.04 Å². The molecule has 21 heavy (non-hydrogen) atoms. The standard InChI is InChI=1S/C16H20N3OSi/c1-11-6-7-14(15(10-11)20-21(4)5)19-13(3)16-12(2)17-8-9-18-16/h6-10H,1-5H3. The summed E-state index contributed by atoms with van der Waals surface area (Å²) < 4.78 is 5.95. The Kier molecular flexibility index (Phi) is 4.85. The Labute approximate surface area is 127 Å². The average Bonchev–Trinajstić information content (AvgIpc) is 2.41. The first-order chi connectivity index (χ1) is 9.97. The zero-order valence-electron chi connectivity index (χ0n) is 13.1. The van der Waals surface area contributed by atoms with Gasteiger partial charge in [-0.05, 0) is 51.6 Å². The van der Waals surface area contributed by atoms with Gasteiger partial charge in [-0.1, -0.05) is 6.07 Å². The molecular weight excluding hydrogens is 278 g/mol. The van der Waals surface area contributed by atoms with E-state index in [0.717, 1.165) is 28.5 Å². The van der Waals surface area contributed by atoms with Gasteiger partial charge in [-0.3, -0.25) is 9.97 Å². The number of rotatable bonds is 4. The van der Waals surface area contributed by atoms with E-state index in [1.165, 1.54) is 5.56 Å². The van der Waals surface area contributed by atoms with Crippen LogP contribution in [-0.2, 0) is 0 Å². The summed E-state index contributed by atoms with van der Waals surface area (Å²) in [4.78, 5) is 13.3. The number of benzene rings is 1. The van der Waals surface area contributed by atoms with Gasteiger partial charge in [0.15, 0.2) is 0 Å². The maximum Gasteiger partial charge on any atom is 0.274 e. The molecule has 0 saturated heterocycles. The first-order valence-electron chi connectivity index (χ1n) is 6.89. The molecule has 0 fully saturated rings. The van der Waals surface area contributed by atoms with Crippen molar-refractivity contribution in [3.05, 3.63) is 47.5 Å². The highest BCUT2D eigenvalue weighted by Gasteiger charge is 2.09. The number of aryl methyl sites for hydroxylation is 2. The third-order valence-electron chi connectivity index (χ3n) is 2.94. The molecule has 1 radical (unpaired) electrons. The second kappa shape index (κ2) is 6.63. The van der Waals surface area contributed by atoms with Gasteiger partial charge in [-0.2, -0.15) is 0 Å². The van der Waals surface area contributed by atoms with Crippen molar-refractivity contribution in [3.63, 3.8) is 0 Å². The lowest BCUT2D eigenvalue weighted by molar-refractivity contribution is 0.581. The molecule has 4 nitrogen and oxygen atoms in total. The van der Waals surface area contributed by atoms with Crippen LogP contribution in [0.2, 0.25) is 13.1 Å². The summed E-state index contributed by atoms with van der Waals surface area (Å²) in [5.41, 5.74) is 4.55. The largest absolute Gasteiger partial charge is 0.541 e. The predicted octanol–water partition coefficient (Wildman–Crippen LogP) is 3.86. The Hall–Kier alpha value is -2.01. The van der Waals surface area contributed by atoms with E-state index >= 15 is 0 Å². The summed E-state index contributed by atoms with van der Waals surface area (Å²) in [6, 6.07) is 6.07. The quantitative estimate of drug-likeness (QED) is 0.636. The Morgan fingerprint density at radius 2 is 1.86 bits per heavy atom. The monoisotopic (exact) mass is 298 g/mol. The fraction of sp³-hybridized carbons (Fsp3) is 0.312. The molecule has 0 spiro atoms. The van der Waals surface area contributed by atoms with Gasteiger partial charge in [-0.15, -0.1) is 0 Å². The molecule has 1 heterocycles. The van der Waals surface area contributed by atoms with E-state index in [-0.39, 0.29) is 0 Å². The van der Waals surface area contributed by atoms with Crippen LogP contribution in [-0.4, -0.2) is 24.7 Å². The number of hydrogen-bond acceptors (Lipinski definition) is 4. The maximum absolute atomic E-state index is 5.95. The second-order valence-corrected chi connectivity index (χ2v) is 7.19. The van der Waals surface area contributed by atoms with E-state index in [1.807, 2.05) is 32.0 Å². The lowest BCUT2D eigenvalue weighted by Crippen LogP contribution is -2.11. The Balaban J connectivity index is 2.42. The second-order valence-electron chi connectivity index (χ2n) is 5.17. The van der Waals surface area contributed by atoms with Crippen molar-refractivity contribution >= 4 is 20.4 Å². The van der Waals surface area contributed by atoms with Crippen molar-refractivity contribution in [2.75, 3.05) is 0 Å². The van der Waals surface area contributed by atoms with Gasteiger partial charge in [-0.25, -0.2) is 4.99 Å². The van der Waals surface area contributed by atoms with Gasteiger partial charge in [0.05, 0.1) is 11.4 Å². The molecule has 0 atom stereocenters. The molecule has 5 heteroatoms. The predicted molar refractivity (Wildman–Crippen MR) is 87.9 cm³/mol. The summed E-state index contributed by atoms with van der Waals surface area (Å²) in [7, 11) is -0.830. The van der Waals surface area contributed by atoms with Crippen LogP contribution in [0.4, 0.5) is 5.69 Å². The van der Waals surface area contributed by atoms with Crippen LogP contribution in [0.3, 0.4) is 0 Å². The maximum atomic E-state index is 5.95. The summed E-state index contributed by atoms with van der Waals surface area (Å²) >= 11 is 0. The van der Waals surface area contributed by atoms with Crippen molar-refractivity contribution in [1.82, 2.24) is 9.97 Å². The Bertz CT molecular complexity index is 668. The molecule has 0 amide bonds. The minimum Gasteiger partial charge on any atom is -0.541 e. The molecule has 0 saturated carbocycles. The number of aliphatic imine (C=N–C) groups is 1.